The molecule has 0 bridgehead atoms. The fourth-order valence-corrected chi connectivity index (χ4v) is 6.65. The van der Waals surface area contributed by atoms with Gasteiger partial charge in [-0.25, -0.2) is 8.42 Å². The first-order chi connectivity index (χ1) is 16.7. The first-order valence-corrected chi connectivity index (χ1v) is 14.4. The maximum Gasteiger partial charge on any atom is 0.412 e. The largest absolute Gasteiger partial charge is 0.412 e. The van der Waals surface area contributed by atoms with Crippen LogP contribution in [-0.2, 0) is 19.9 Å². The smallest absolute Gasteiger partial charge is 0.339 e. The molecule has 1 aliphatic heterocycles. The van der Waals surface area contributed by atoms with E-state index in [-0.39, 0.29) is 49.5 Å². The van der Waals surface area contributed by atoms with Crippen molar-refractivity contribution in [2.75, 3.05) is 11.4 Å². The van der Waals surface area contributed by atoms with E-state index in [4.69, 9.17) is 23.2 Å². The Bertz CT molecular complexity index is 1570. The lowest BCUT2D eigenvalue weighted by Gasteiger charge is -2.34. The van der Waals surface area contributed by atoms with E-state index in [1.54, 1.807) is 0 Å². The van der Waals surface area contributed by atoms with E-state index < -0.39 is 37.3 Å². The maximum atomic E-state index is 13.9. The lowest BCUT2D eigenvalue weighted by atomic mass is 10.1. The van der Waals surface area contributed by atoms with Crippen LogP contribution in [0.1, 0.15) is 20.3 Å². The fraction of sp³-hybridized carbons (Fsp3) is 0.318. The summed E-state index contributed by atoms with van der Waals surface area (Å²) >= 11 is 12.2. The van der Waals surface area contributed by atoms with Gasteiger partial charge in [0.15, 0.2) is 15.7 Å². The fourth-order valence-electron chi connectivity index (χ4n) is 3.86. The SMILES string of the molecule is CC(C)S(=O)(=O)c1ccc(S(=O)(=O)n2nc(N3CCC(Cl)=C[C@H]3C(F)(F)F)c3c(Cl)cccc32)cc1. The molecule has 36 heavy (non-hydrogen) atoms. The van der Waals surface area contributed by atoms with Crippen LogP contribution in [0.3, 0.4) is 0 Å². The highest BCUT2D eigenvalue weighted by molar-refractivity contribution is 7.92. The number of nitrogens with zero attached hydrogens (tertiary/aromatic N) is 3. The number of alkyl halides is 3. The Labute approximate surface area is 216 Å². The van der Waals surface area contributed by atoms with Crippen LogP contribution in [0.15, 0.2) is 63.4 Å². The van der Waals surface area contributed by atoms with Gasteiger partial charge in [-0.3, -0.25) is 0 Å². The molecule has 0 radical (unpaired) electrons. The summed E-state index contributed by atoms with van der Waals surface area (Å²) in [5.74, 6) is -0.263. The summed E-state index contributed by atoms with van der Waals surface area (Å²) in [4.78, 5) is 0.565. The minimum absolute atomic E-state index is 0.0175. The molecule has 7 nitrogen and oxygen atoms in total. The number of halogens is 5. The van der Waals surface area contributed by atoms with Gasteiger partial charge < -0.3 is 4.90 Å². The van der Waals surface area contributed by atoms with Crippen molar-refractivity contribution in [2.45, 2.75) is 47.5 Å². The Hall–Kier alpha value is -2.28. The predicted molar refractivity (Wildman–Crippen MR) is 132 cm³/mol. The number of rotatable bonds is 5. The average Bonchev–Trinajstić information content (AvgIpc) is 3.20. The topological polar surface area (TPSA) is 89.3 Å². The van der Waals surface area contributed by atoms with E-state index in [0.717, 1.165) is 23.1 Å². The number of aromatic nitrogens is 2. The molecule has 0 fully saturated rings. The maximum absolute atomic E-state index is 13.9. The zero-order chi connectivity index (χ0) is 26.6. The van der Waals surface area contributed by atoms with Crippen LogP contribution >= 0.6 is 23.2 Å². The quantitative estimate of drug-likeness (QED) is 0.402. The highest BCUT2D eigenvalue weighted by Gasteiger charge is 2.45. The van der Waals surface area contributed by atoms with Gasteiger partial charge in [0.05, 0.1) is 31.0 Å². The summed E-state index contributed by atoms with van der Waals surface area (Å²) in [6.45, 7) is 2.83. The summed E-state index contributed by atoms with van der Waals surface area (Å²) < 4.78 is 94.0. The highest BCUT2D eigenvalue weighted by Crippen LogP contribution is 2.40. The van der Waals surface area contributed by atoms with Gasteiger partial charge in [0, 0.05) is 18.0 Å². The number of benzene rings is 2. The summed E-state index contributed by atoms with van der Waals surface area (Å²) in [6, 6.07) is 6.68. The molecule has 4 rings (SSSR count). The minimum atomic E-state index is -4.71. The van der Waals surface area contributed by atoms with Crippen LogP contribution in [-0.4, -0.2) is 50.0 Å². The van der Waals surface area contributed by atoms with Crippen molar-refractivity contribution < 1.29 is 30.0 Å². The molecule has 0 saturated heterocycles. The monoisotopic (exact) mass is 581 g/mol. The first-order valence-electron chi connectivity index (χ1n) is 10.6. The lowest BCUT2D eigenvalue weighted by Crippen LogP contribution is -2.47. The highest BCUT2D eigenvalue weighted by atomic mass is 35.5. The van der Waals surface area contributed by atoms with Crippen molar-refractivity contribution in [3.05, 3.63) is 58.6 Å². The molecule has 14 heteroatoms. The van der Waals surface area contributed by atoms with Crippen molar-refractivity contribution >= 4 is 59.8 Å². The van der Waals surface area contributed by atoms with E-state index in [2.05, 4.69) is 5.10 Å². The third-order valence-corrected chi connectivity index (χ3v) is 10.2. The van der Waals surface area contributed by atoms with Gasteiger partial charge in [0.1, 0.15) is 6.04 Å². The van der Waals surface area contributed by atoms with Gasteiger partial charge in [0.25, 0.3) is 10.0 Å². The van der Waals surface area contributed by atoms with Crippen molar-refractivity contribution in [1.29, 1.82) is 0 Å². The number of hydrogen-bond acceptors (Lipinski definition) is 6. The molecule has 3 aromatic rings. The molecular formula is C22H20Cl2F3N3O4S2. The molecule has 1 atom stereocenters. The number of hydrogen-bond donors (Lipinski definition) is 0. The predicted octanol–water partition coefficient (Wildman–Crippen LogP) is 5.37. The van der Waals surface area contributed by atoms with Gasteiger partial charge >= 0.3 is 6.18 Å². The molecule has 0 N–H and O–H groups in total. The Morgan fingerprint density at radius 3 is 2.19 bits per heavy atom. The van der Waals surface area contributed by atoms with Crippen LogP contribution in [0, 0.1) is 0 Å². The van der Waals surface area contributed by atoms with Gasteiger partial charge in [-0.1, -0.05) is 29.3 Å². The van der Waals surface area contributed by atoms with Crippen LogP contribution < -0.4 is 4.90 Å². The number of anilines is 1. The van der Waals surface area contributed by atoms with Crippen LogP contribution in [0.25, 0.3) is 10.9 Å². The Balaban J connectivity index is 1.89. The summed E-state index contributed by atoms with van der Waals surface area (Å²) in [6.07, 6.45) is -3.75. The Morgan fingerprint density at radius 2 is 1.61 bits per heavy atom. The minimum Gasteiger partial charge on any atom is -0.339 e. The molecule has 0 unspecified atom stereocenters. The zero-order valence-electron chi connectivity index (χ0n) is 18.9. The first kappa shape index (κ1) is 26.8. The van der Waals surface area contributed by atoms with Crippen molar-refractivity contribution in [2.24, 2.45) is 0 Å². The third kappa shape index (κ3) is 4.59. The second-order valence-electron chi connectivity index (χ2n) is 8.41. The van der Waals surface area contributed by atoms with Crippen molar-refractivity contribution in [3.8, 4) is 0 Å². The third-order valence-electron chi connectivity index (χ3n) is 5.78. The molecule has 0 spiro atoms. The number of sulfone groups is 1. The van der Waals surface area contributed by atoms with Crippen LogP contribution in [0.2, 0.25) is 5.02 Å². The van der Waals surface area contributed by atoms with Crippen LogP contribution in [0.5, 0.6) is 0 Å². The standard InChI is InChI=1S/C22H20Cl2F3N3O4S2/c1-13(2)35(31,32)15-6-8-16(9-7-15)36(33,34)30-18-5-3-4-17(24)20(18)21(28-30)29-11-10-14(23)12-19(29)22(25,26)27/h3-9,12-13,19H,10-11H2,1-2H3/t19-/m0/s1. The summed E-state index contributed by atoms with van der Waals surface area (Å²) in [5.41, 5.74) is -0.0297. The van der Waals surface area contributed by atoms with E-state index in [9.17, 15) is 30.0 Å². The molecule has 194 valence electrons. The van der Waals surface area contributed by atoms with Gasteiger partial charge in [-0.2, -0.15) is 25.7 Å². The summed E-state index contributed by atoms with van der Waals surface area (Å²) in [5, 5.41) is 3.46. The molecule has 0 aliphatic carbocycles. The zero-order valence-corrected chi connectivity index (χ0v) is 22.0. The van der Waals surface area contributed by atoms with E-state index in [1.807, 2.05) is 0 Å². The van der Waals surface area contributed by atoms with E-state index >= 15 is 0 Å². The molecular weight excluding hydrogens is 562 g/mol. The van der Waals surface area contributed by atoms with Gasteiger partial charge in [-0.15, -0.1) is 5.10 Å². The van der Waals surface area contributed by atoms with Gasteiger partial charge in [0.2, 0.25) is 0 Å². The normalized spacial score (nSPS) is 17.6. The van der Waals surface area contributed by atoms with Gasteiger partial charge in [-0.05, 0) is 56.3 Å². The second-order valence-corrected chi connectivity index (χ2v) is 13.6. The molecule has 0 saturated carbocycles. The Morgan fingerprint density at radius 1 is 1.00 bits per heavy atom. The van der Waals surface area contributed by atoms with Crippen molar-refractivity contribution in [3.63, 3.8) is 0 Å². The molecule has 1 aliphatic rings. The second kappa shape index (κ2) is 9.23. The van der Waals surface area contributed by atoms with Crippen LogP contribution in [0.4, 0.5) is 19.0 Å². The molecule has 2 aromatic carbocycles. The molecule has 0 amide bonds. The molecule has 1 aromatic heterocycles. The molecule has 2 heterocycles. The number of fused-ring (bicyclic) bond motifs is 1. The average molecular weight is 582 g/mol. The lowest BCUT2D eigenvalue weighted by molar-refractivity contribution is -0.138. The summed E-state index contributed by atoms with van der Waals surface area (Å²) in [7, 11) is -8.09. The Kier molecular flexibility index (Phi) is 6.87. The van der Waals surface area contributed by atoms with Crippen molar-refractivity contribution in [1.82, 2.24) is 9.19 Å². The van der Waals surface area contributed by atoms with E-state index in [1.165, 1.54) is 44.2 Å². The van der Waals surface area contributed by atoms with E-state index in [0.29, 0.717) is 4.09 Å².